The number of benzene rings is 1. The van der Waals surface area contributed by atoms with Crippen LogP contribution in [-0.4, -0.2) is 26.5 Å². The van der Waals surface area contributed by atoms with Crippen LogP contribution in [0.3, 0.4) is 0 Å². The largest absolute Gasteiger partial charge is 0.493 e. The maximum Gasteiger partial charge on any atom is 0.163 e. The van der Waals surface area contributed by atoms with Crippen molar-refractivity contribution < 1.29 is 14.3 Å². The van der Waals surface area contributed by atoms with E-state index in [-0.39, 0.29) is 11.7 Å². The van der Waals surface area contributed by atoms with Gasteiger partial charge in [-0.3, -0.25) is 4.79 Å². The van der Waals surface area contributed by atoms with Gasteiger partial charge in [-0.2, -0.15) is 0 Å². The van der Waals surface area contributed by atoms with Gasteiger partial charge in [-0.1, -0.05) is 13.8 Å². The topological polar surface area (TPSA) is 61.5 Å². The third-order valence-corrected chi connectivity index (χ3v) is 3.32. The van der Waals surface area contributed by atoms with E-state index in [1.54, 1.807) is 32.4 Å². The lowest BCUT2D eigenvalue weighted by atomic mass is 9.90. The van der Waals surface area contributed by atoms with Crippen molar-refractivity contribution in [2.75, 3.05) is 20.8 Å². The SMILES string of the molecule is COc1ccc(C(=O)CC(CN)CC(C)C)cc1OC. The standard InChI is InChI=1S/C16H25NO3/c1-11(2)7-12(10-17)8-14(18)13-5-6-15(19-3)16(9-13)20-4/h5-6,9,11-12H,7-8,10,17H2,1-4H3. The Bertz CT molecular complexity index is 443. The zero-order chi connectivity index (χ0) is 15.1. The Balaban J connectivity index is 2.81. The van der Waals surface area contributed by atoms with Crippen LogP contribution >= 0.6 is 0 Å². The van der Waals surface area contributed by atoms with Crippen molar-refractivity contribution >= 4 is 5.78 Å². The van der Waals surface area contributed by atoms with Gasteiger partial charge in [0.05, 0.1) is 14.2 Å². The van der Waals surface area contributed by atoms with Crippen LogP contribution in [0.5, 0.6) is 11.5 Å². The molecule has 0 spiro atoms. The predicted octanol–water partition coefficient (Wildman–Crippen LogP) is 2.90. The molecule has 1 atom stereocenters. The van der Waals surface area contributed by atoms with Gasteiger partial charge in [-0.15, -0.1) is 0 Å². The van der Waals surface area contributed by atoms with Gasteiger partial charge < -0.3 is 15.2 Å². The highest BCUT2D eigenvalue weighted by Gasteiger charge is 2.17. The lowest BCUT2D eigenvalue weighted by molar-refractivity contribution is 0.0957. The first-order valence-corrected chi connectivity index (χ1v) is 6.97. The fourth-order valence-electron chi connectivity index (χ4n) is 2.32. The second-order valence-corrected chi connectivity index (χ2v) is 5.43. The fourth-order valence-corrected chi connectivity index (χ4v) is 2.32. The van der Waals surface area contributed by atoms with Crippen molar-refractivity contribution in [3.05, 3.63) is 23.8 Å². The average molecular weight is 279 g/mol. The maximum atomic E-state index is 12.3. The van der Waals surface area contributed by atoms with E-state index in [2.05, 4.69) is 13.8 Å². The van der Waals surface area contributed by atoms with Crippen LogP contribution in [-0.2, 0) is 0 Å². The Morgan fingerprint density at radius 2 is 1.85 bits per heavy atom. The van der Waals surface area contributed by atoms with Crippen molar-refractivity contribution in [3.63, 3.8) is 0 Å². The van der Waals surface area contributed by atoms with Gasteiger partial charge in [0.25, 0.3) is 0 Å². The molecule has 0 aliphatic rings. The number of methoxy groups -OCH3 is 2. The van der Waals surface area contributed by atoms with Crippen LogP contribution in [0, 0.1) is 11.8 Å². The number of Topliss-reactive ketones (excluding diaryl/α,β-unsaturated/α-hetero) is 1. The molecule has 1 aromatic rings. The summed E-state index contributed by atoms with van der Waals surface area (Å²) in [6.07, 6.45) is 1.44. The van der Waals surface area contributed by atoms with Crippen LogP contribution in [0.4, 0.5) is 0 Å². The van der Waals surface area contributed by atoms with E-state index >= 15 is 0 Å². The summed E-state index contributed by atoms with van der Waals surface area (Å²) in [6.45, 7) is 4.82. The molecule has 20 heavy (non-hydrogen) atoms. The van der Waals surface area contributed by atoms with E-state index < -0.39 is 0 Å². The quantitative estimate of drug-likeness (QED) is 0.743. The second kappa shape index (κ2) is 7.90. The molecular weight excluding hydrogens is 254 g/mol. The number of ketones is 1. The summed E-state index contributed by atoms with van der Waals surface area (Å²) in [6, 6.07) is 5.25. The summed E-state index contributed by atoms with van der Waals surface area (Å²) in [4.78, 5) is 12.3. The summed E-state index contributed by atoms with van der Waals surface area (Å²) in [7, 11) is 3.14. The second-order valence-electron chi connectivity index (χ2n) is 5.43. The molecule has 2 N–H and O–H groups in total. The van der Waals surface area contributed by atoms with Gasteiger partial charge >= 0.3 is 0 Å². The third-order valence-electron chi connectivity index (χ3n) is 3.32. The first-order valence-electron chi connectivity index (χ1n) is 6.97. The highest BCUT2D eigenvalue weighted by molar-refractivity contribution is 5.96. The molecule has 0 aliphatic heterocycles. The molecule has 0 radical (unpaired) electrons. The van der Waals surface area contributed by atoms with Crippen LogP contribution in [0.25, 0.3) is 0 Å². The van der Waals surface area contributed by atoms with E-state index in [4.69, 9.17) is 15.2 Å². The molecule has 0 aromatic heterocycles. The maximum absolute atomic E-state index is 12.3. The van der Waals surface area contributed by atoms with Gasteiger partial charge in [0.15, 0.2) is 17.3 Å². The number of hydrogen-bond acceptors (Lipinski definition) is 4. The lowest BCUT2D eigenvalue weighted by Crippen LogP contribution is -2.20. The Hall–Kier alpha value is -1.55. The monoisotopic (exact) mass is 279 g/mol. The van der Waals surface area contributed by atoms with Crippen LogP contribution in [0.1, 0.15) is 37.0 Å². The molecule has 0 saturated carbocycles. The zero-order valence-corrected chi connectivity index (χ0v) is 12.8. The van der Waals surface area contributed by atoms with E-state index in [0.29, 0.717) is 35.9 Å². The molecule has 0 aliphatic carbocycles. The minimum atomic E-state index is 0.0991. The molecule has 112 valence electrons. The van der Waals surface area contributed by atoms with E-state index in [1.807, 2.05) is 0 Å². The van der Waals surface area contributed by atoms with Gasteiger partial charge in [-0.05, 0) is 43.0 Å². The normalized spacial score (nSPS) is 12.3. The first-order chi connectivity index (χ1) is 9.51. The van der Waals surface area contributed by atoms with Crippen LogP contribution in [0.2, 0.25) is 0 Å². The number of ether oxygens (including phenoxy) is 2. The van der Waals surface area contributed by atoms with Gasteiger partial charge in [0, 0.05) is 12.0 Å². The van der Waals surface area contributed by atoms with Crippen molar-refractivity contribution in [1.82, 2.24) is 0 Å². The number of rotatable bonds is 8. The minimum absolute atomic E-state index is 0.0991. The summed E-state index contributed by atoms with van der Waals surface area (Å²) in [5, 5.41) is 0. The molecule has 0 saturated heterocycles. The molecule has 0 bridgehead atoms. The summed E-state index contributed by atoms with van der Waals surface area (Å²) in [5.74, 6) is 2.08. The van der Waals surface area contributed by atoms with Crippen LogP contribution in [0.15, 0.2) is 18.2 Å². The Morgan fingerprint density at radius 3 is 2.35 bits per heavy atom. The molecule has 0 amide bonds. The van der Waals surface area contributed by atoms with E-state index in [9.17, 15) is 4.79 Å². The molecule has 4 heteroatoms. The van der Waals surface area contributed by atoms with E-state index in [1.165, 1.54) is 0 Å². The van der Waals surface area contributed by atoms with Gasteiger partial charge in [0.2, 0.25) is 0 Å². The van der Waals surface area contributed by atoms with Gasteiger partial charge in [-0.25, -0.2) is 0 Å². The van der Waals surface area contributed by atoms with Crippen molar-refractivity contribution in [1.29, 1.82) is 0 Å². The molecular formula is C16H25NO3. The predicted molar refractivity (Wildman–Crippen MR) is 80.5 cm³/mol. The average Bonchev–Trinajstić information content (AvgIpc) is 2.45. The molecule has 1 aromatic carbocycles. The molecule has 1 unspecified atom stereocenters. The first kappa shape index (κ1) is 16.5. The van der Waals surface area contributed by atoms with Gasteiger partial charge in [0.1, 0.15) is 0 Å². The molecule has 0 fully saturated rings. The summed E-state index contributed by atoms with van der Waals surface area (Å²) >= 11 is 0. The number of hydrogen-bond donors (Lipinski definition) is 1. The zero-order valence-electron chi connectivity index (χ0n) is 12.8. The lowest BCUT2D eigenvalue weighted by Gasteiger charge is -2.16. The summed E-state index contributed by atoms with van der Waals surface area (Å²) < 4.78 is 10.4. The fraction of sp³-hybridized carbons (Fsp3) is 0.562. The number of carbonyl (C=O) groups excluding carboxylic acids is 1. The molecule has 0 heterocycles. The highest BCUT2D eigenvalue weighted by atomic mass is 16.5. The van der Waals surface area contributed by atoms with Crippen molar-refractivity contribution in [3.8, 4) is 11.5 Å². The summed E-state index contributed by atoms with van der Waals surface area (Å²) in [5.41, 5.74) is 6.40. The van der Waals surface area contributed by atoms with Crippen LogP contribution < -0.4 is 15.2 Å². The molecule has 1 rings (SSSR count). The Labute approximate surface area is 121 Å². The Kier molecular flexibility index (Phi) is 6.52. The third kappa shape index (κ3) is 4.53. The minimum Gasteiger partial charge on any atom is -0.493 e. The smallest absolute Gasteiger partial charge is 0.163 e. The molecule has 4 nitrogen and oxygen atoms in total. The Morgan fingerprint density at radius 1 is 1.20 bits per heavy atom. The van der Waals surface area contributed by atoms with Crippen molar-refractivity contribution in [2.24, 2.45) is 17.6 Å². The van der Waals surface area contributed by atoms with Crippen molar-refractivity contribution in [2.45, 2.75) is 26.7 Å². The number of nitrogens with two attached hydrogens (primary N) is 1. The van der Waals surface area contributed by atoms with E-state index in [0.717, 1.165) is 6.42 Å². The highest BCUT2D eigenvalue weighted by Crippen LogP contribution is 2.28. The number of carbonyl (C=O) groups is 1.